The van der Waals surface area contributed by atoms with E-state index in [9.17, 15) is 40.7 Å². The minimum atomic E-state index is -5.13. The summed E-state index contributed by atoms with van der Waals surface area (Å²) < 4.78 is 92.4. The van der Waals surface area contributed by atoms with Gasteiger partial charge in [0.2, 0.25) is 0 Å². The van der Waals surface area contributed by atoms with Crippen LogP contribution in [0.4, 0.5) is 36.8 Å². The topological polar surface area (TPSA) is 76.2 Å². The predicted octanol–water partition coefficient (Wildman–Crippen LogP) is 6.93. The number of ether oxygens (including phenoxy) is 2. The first-order chi connectivity index (χ1) is 19.9. The second-order valence-electron chi connectivity index (χ2n) is 11.5. The zero-order valence-corrected chi connectivity index (χ0v) is 23.3. The Morgan fingerprint density at radius 1 is 0.930 bits per heavy atom. The van der Waals surface area contributed by atoms with Gasteiger partial charge in [0.05, 0.1) is 29.0 Å². The maximum atomic E-state index is 13.6. The Balaban J connectivity index is 1.52. The van der Waals surface area contributed by atoms with Crippen LogP contribution in [0.5, 0.6) is 0 Å². The quantitative estimate of drug-likeness (QED) is 0.215. The molecular formula is C30H26F6N2O5. The summed E-state index contributed by atoms with van der Waals surface area (Å²) in [6.45, 7) is 6.26. The molecule has 228 valence electrons. The predicted molar refractivity (Wildman–Crippen MR) is 140 cm³/mol. The number of likely N-dealkylation sites (tertiary alicyclic amines) is 1. The summed E-state index contributed by atoms with van der Waals surface area (Å²) in [5.41, 5.74) is -3.15. The number of anilines is 1. The van der Waals surface area contributed by atoms with Crippen LogP contribution >= 0.6 is 0 Å². The van der Waals surface area contributed by atoms with Gasteiger partial charge in [-0.1, -0.05) is 24.3 Å². The van der Waals surface area contributed by atoms with Crippen molar-refractivity contribution in [2.75, 3.05) is 4.90 Å². The second kappa shape index (κ2) is 10.2. The molecule has 1 aliphatic carbocycles. The number of carbonyl (C=O) groups excluding carboxylic acids is 3. The maximum Gasteiger partial charge on any atom is 0.417 e. The van der Waals surface area contributed by atoms with Crippen LogP contribution in [-0.4, -0.2) is 34.6 Å². The van der Waals surface area contributed by atoms with E-state index in [1.54, 1.807) is 39.0 Å². The zero-order chi connectivity index (χ0) is 31.6. The van der Waals surface area contributed by atoms with Crippen LogP contribution in [-0.2, 0) is 37.8 Å². The molecule has 0 radical (unpaired) electrons. The van der Waals surface area contributed by atoms with Gasteiger partial charge in [-0.15, -0.1) is 0 Å². The average molecular weight is 609 g/mol. The molecule has 1 fully saturated rings. The molecule has 1 saturated heterocycles. The fourth-order valence-electron chi connectivity index (χ4n) is 5.49. The van der Waals surface area contributed by atoms with Crippen LogP contribution in [0, 0.1) is 5.92 Å². The molecule has 0 aromatic heterocycles. The van der Waals surface area contributed by atoms with Crippen molar-refractivity contribution in [2.45, 2.75) is 64.3 Å². The summed E-state index contributed by atoms with van der Waals surface area (Å²) in [6, 6.07) is 7.29. The molecule has 3 amide bonds. The summed E-state index contributed by atoms with van der Waals surface area (Å²) in [6.07, 6.45) is -10.0. The van der Waals surface area contributed by atoms with Crippen LogP contribution in [0.15, 0.2) is 65.9 Å². The summed E-state index contributed by atoms with van der Waals surface area (Å²) in [7, 11) is 0. The molecule has 3 unspecified atom stereocenters. The van der Waals surface area contributed by atoms with Crippen molar-refractivity contribution in [3.63, 3.8) is 0 Å². The van der Waals surface area contributed by atoms with Gasteiger partial charge in [-0.3, -0.25) is 14.5 Å². The number of amides is 3. The summed E-state index contributed by atoms with van der Waals surface area (Å²) in [5, 5.41) is 0. The van der Waals surface area contributed by atoms with E-state index in [1.165, 1.54) is 13.0 Å². The smallest absolute Gasteiger partial charge is 0.417 e. The number of nitrogens with zero attached hydrogens (tertiary/aromatic N) is 2. The average Bonchev–Trinajstić information content (AvgIpc) is 3.48. The van der Waals surface area contributed by atoms with Crippen LogP contribution in [0.2, 0.25) is 0 Å². The van der Waals surface area contributed by atoms with Gasteiger partial charge in [0.25, 0.3) is 11.8 Å². The van der Waals surface area contributed by atoms with Gasteiger partial charge in [0.15, 0.2) is 6.23 Å². The monoisotopic (exact) mass is 608 g/mol. The van der Waals surface area contributed by atoms with Crippen molar-refractivity contribution >= 4 is 23.6 Å². The van der Waals surface area contributed by atoms with E-state index in [0.29, 0.717) is 23.5 Å². The van der Waals surface area contributed by atoms with Crippen molar-refractivity contribution in [1.29, 1.82) is 0 Å². The third-order valence-corrected chi connectivity index (χ3v) is 7.32. The van der Waals surface area contributed by atoms with E-state index in [1.807, 2.05) is 6.07 Å². The Hall–Kier alpha value is -4.29. The highest BCUT2D eigenvalue weighted by Crippen LogP contribution is 2.50. The Labute approximate surface area is 242 Å². The number of hydrogen-bond donors (Lipinski definition) is 0. The number of benzene rings is 2. The third kappa shape index (κ3) is 5.59. The lowest BCUT2D eigenvalue weighted by molar-refractivity contribution is -0.143. The number of hydrogen-bond acceptors (Lipinski definition) is 5. The molecule has 2 aromatic carbocycles. The molecule has 2 aromatic rings. The molecule has 5 rings (SSSR count). The normalized spacial score (nSPS) is 23.1. The van der Waals surface area contributed by atoms with E-state index in [2.05, 4.69) is 0 Å². The van der Waals surface area contributed by atoms with Gasteiger partial charge >= 0.3 is 18.4 Å². The van der Waals surface area contributed by atoms with Gasteiger partial charge in [-0.05, 0) is 69.5 Å². The summed E-state index contributed by atoms with van der Waals surface area (Å²) >= 11 is 0. The Morgan fingerprint density at radius 2 is 1.53 bits per heavy atom. The Morgan fingerprint density at radius 3 is 2.12 bits per heavy atom. The number of rotatable bonds is 3. The van der Waals surface area contributed by atoms with Crippen LogP contribution in [0.1, 0.15) is 56.0 Å². The largest absolute Gasteiger partial charge is 0.474 e. The van der Waals surface area contributed by atoms with Gasteiger partial charge in [0, 0.05) is 17.2 Å². The molecule has 0 spiro atoms. The third-order valence-electron chi connectivity index (χ3n) is 7.32. The number of imide groups is 1. The lowest BCUT2D eigenvalue weighted by Gasteiger charge is -2.27. The first-order valence-corrected chi connectivity index (χ1v) is 13.2. The number of halogens is 6. The molecule has 0 N–H and O–H groups in total. The van der Waals surface area contributed by atoms with Crippen molar-refractivity contribution in [3.05, 3.63) is 88.2 Å². The highest BCUT2D eigenvalue weighted by atomic mass is 19.4. The maximum absolute atomic E-state index is 13.6. The molecule has 0 bridgehead atoms. The van der Waals surface area contributed by atoms with Crippen LogP contribution < -0.4 is 4.90 Å². The van der Waals surface area contributed by atoms with Crippen LogP contribution in [0.25, 0.3) is 0 Å². The van der Waals surface area contributed by atoms with Crippen LogP contribution in [0.3, 0.4) is 0 Å². The van der Waals surface area contributed by atoms with Gasteiger partial charge in [-0.2, -0.15) is 26.3 Å². The Bertz CT molecular complexity index is 1540. The molecule has 2 heterocycles. The zero-order valence-electron chi connectivity index (χ0n) is 23.3. The molecule has 3 aliphatic rings. The minimum Gasteiger partial charge on any atom is -0.474 e. The fraction of sp³-hybridized carbons (Fsp3) is 0.367. The molecule has 0 saturated carbocycles. The molecule has 3 atom stereocenters. The molecule has 13 heteroatoms. The van der Waals surface area contributed by atoms with Gasteiger partial charge in [0.1, 0.15) is 5.60 Å². The van der Waals surface area contributed by atoms with E-state index in [0.717, 1.165) is 22.3 Å². The number of carbonyl (C=O) groups is 3. The molecule has 7 nitrogen and oxygen atoms in total. The van der Waals surface area contributed by atoms with Crippen molar-refractivity contribution in [2.24, 2.45) is 5.92 Å². The van der Waals surface area contributed by atoms with Crippen molar-refractivity contribution in [3.8, 4) is 0 Å². The number of alkyl halides is 6. The lowest BCUT2D eigenvalue weighted by Crippen LogP contribution is -2.39. The van der Waals surface area contributed by atoms with E-state index in [-0.39, 0.29) is 17.2 Å². The summed E-state index contributed by atoms with van der Waals surface area (Å²) in [4.78, 5) is 41.3. The van der Waals surface area contributed by atoms with Gasteiger partial charge < -0.3 is 9.47 Å². The fourth-order valence-corrected chi connectivity index (χ4v) is 5.49. The Kier molecular flexibility index (Phi) is 7.13. The highest BCUT2D eigenvalue weighted by Gasteiger charge is 2.53. The highest BCUT2D eigenvalue weighted by molar-refractivity contribution is 6.09. The van der Waals surface area contributed by atoms with Crippen molar-refractivity contribution < 1.29 is 50.2 Å². The molecule has 43 heavy (non-hydrogen) atoms. The minimum absolute atomic E-state index is 0.00801. The first-order valence-electron chi connectivity index (χ1n) is 13.2. The van der Waals surface area contributed by atoms with Gasteiger partial charge in [-0.25, -0.2) is 9.69 Å². The summed E-state index contributed by atoms with van der Waals surface area (Å²) in [5.74, 6) is -2.18. The standard InChI is InChI=1S/C30H26F6N2O5/c1-15-9-23(37(25(15)39)19-12-17(29(31,32)33)11-18(13-19)30(34,35)36)42-14-22-21-10-16-7-5-6-8-20(16)24(21)38(26(22)40)27(41)43-28(2,3)4/h5-9,11-14,21,23-24H,10H2,1-4H3. The molecule has 2 aliphatic heterocycles. The number of fused-ring (bicyclic) bond motifs is 3. The lowest BCUT2D eigenvalue weighted by atomic mass is 9.97. The van der Waals surface area contributed by atoms with Crippen molar-refractivity contribution in [1.82, 2.24) is 4.90 Å². The second-order valence-corrected chi connectivity index (χ2v) is 11.5. The van der Waals surface area contributed by atoms with E-state index in [4.69, 9.17) is 9.47 Å². The SMILES string of the molecule is CC1=CC(OC=C2C(=O)N(C(=O)OC(C)(C)C)C3c4ccccc4CC23)N(c2cc(C(F)(F)F)cc(C(F)(F)F)c2)C1=O. The molecular weight excluding hydrogens is 582 g/mol. The first kappa shape index (κ1) is 30.2. The van der Waals surface area contributed by atoms with E-state index >= 15 is 0 Å². The van der Waals surface area contributed by atoms with E-state index < -0.39 is 70.9 Å².